The Morgan fingerprint density at radius 1 is 1.26 bits per heavy atom. The molecule has 0 atom stereocenters. The van der Waals surface area contributed by atoms with E-state index in [4.69, 9.17) is 16.9 Å². The summed E-state index contributed by atoms with van der Waals surface area (Å²) in [5.41, 5.74) is 1.57. The second-order valence-corrected chi connectivity index (χ2v) is 5.09. The van der Waals surface area contributed by atoms with Crippen molar-refractivity contribution >= 4 is 23.1 Å². The summed E-state index contributed by atoms with van der Waals surface area (Å²) in [7, 11) is 0. The van der Waals surface area contributed by atoms with Crippen molar-refractivity contribution in [1.82, 2.24) is 19.7 Å². The van der Waals surface area contributed by atoms with Crippen molar-refractivity contribution < 1.29 is 4.39 Å². The third kappa shape index (κ3) is 3.62. The number of hydrogen-bond donors (Lipinski definition) is 1. The van der Waals surface area contributed by atoms with Gasteiger partial charge in [0.15, 0.2) is 5.69 Å². The minimum absolute atomic E-state index is 0.243. The number of benzene rings is 1. The fourth-order valence-corrected chi connectivity index (χ4v) is 2.13. The van der Waals surface area contributed by atoms with E-state index in [9.17, 15) is 4.39 Å². The van der Waals surface area contributed by atoms with Crippen molar-refractivity contribution in [2.75, 3.05) is 5.32 Å². The van der Waals surface area contributed by atoms with Crippen LogP contribution >= 0.6 is 11.6 Å². The molecule has 2 heterocycles. The molecule has 0 fully saturated rings. The van der Waals surface area contributed by atoms with E-state index in [0.29, 0.717) is 28.6 Å². The van der Waals surface area contributed by atoms with E-state index in [2.05, 4.69) is 20.4 Å². The molecule has 114 valence electrons. The second kappa shape index (κ2) is 6.42. The Bertz CT molecular complexity index is 868. The van der Waals surface area contributed by atoms with Crippen LogP contribution in [0.3, 0.4) is 0 Å². The molecule has 0 spiro atoms. The highest BCUT2D eigenvalue weighted by Crippen LogP contribution is 2.19. The van der Waals surface area contributed by atoms with Crippen molar-refractivity contribution in [3.63, 3.8) is 0 Å². The zero-order chi connectivity index (χ0) is 16.2. The topological polar surface area (TPSA) is 79.4 Å². The van der Waals surface area contributed by atoms with E-state index in [0.717, 1.165) is 0 Å². The third-order valence-corrected chi connectivity index (χ3v) is 3.38. The van der Waals surface area contributed by atoms with Crippen molar-refractivity contribution in [3.8, 4) is 6.07 Å². The molecule has 0 aliphatic heterocycles. The molecule has 0 amide bonds. The summed E-state index contributed by atoms with van der Waals surface area (Å²) in [6.07, 6.45) is 6.17. The predicted molar refractivity (Wildman–Crippen MR) is 82.8 cm³/mol. The first-order chi connectivity index (χ1) is 11.1. The summed E-state index contributed by atoms with van der Waals surface area (Å²) in [5, 5.41) is 16.4. The number of rotatable bonds is 4. The highest BCUT2D eigenvalue weighted by Gasteiger charge is 2.06. The van der Waals surface area contributed by atoms with Gasteiger partial charge in [0.1, 0.15) is 17.7 Å². The molecular weight excluding hydrogens is 319 g/mol. The number of halogens is 2. The van der Waals surface area contributed by atoms with Crippen LogP contribution in [0, 0.1) is 17.1 Å². The summed E-state index contributed by atoms with van der Waals surface area (Å²) >= 11 is 6.04. The van der Waals surface area contributed by atoms with Crippen LogP contribution in [0.5, 0.6) is 0 Å². The van der Waals surface area contributed by atoms with Crippen LogP contribution < -0.4 is 5.32 Å². The van der Waals surface area contributed by atoms with Gasteiger partial charge in [0.05, 0.1) is 30.8 Å². The minimum atomic E-state index is -0.345. The molecule has 23 heavy (non-hydrogen) atoms. The molecule has 0 aliphatic carbocycles. The molecule has 3 aromatic rings. The SMILES string of the molecule is N#Cc1cnc(Nc2cnn(Cc3cc(F)ccc3Cl)c2)cn1. The lowest BCUT2D eigenvalue weighted by Gasteiger charge is -2.05. The van der Waals surface area contributed by atoms with E-state index < -0.39 is 0 Å². The summed E-state index contributed by atoms with van der Waals surface area (Å²) in [6.45, 7) is 0.345. The normalized spacial score (nSPS) is 10.3. The molecule has 0 bridgehead atoms. The van der Waals surface area contributed by atoms with Gasteiger partial charge in [-0.2, -0.15) is 10.4 Å². The molecule has 1 aromatic carbocycles. The van der Waals surface area contributed by atoms with Crippen LogP contribution in [0.2, 0.25) is 5.02 Å². The fraction of sp³-hybridized carbons (Fsp3) is 0.0667. The number of hydrogen-bond acceptors (Lipinski definition) is 5. The van der Waals surface area contributed by atoms with Gasteiger partial charge in [-0.25, -0.2) is 14.4 Å². The molecule has 0 aliphatic rings. The summed E-state index contributed by atoms with van der Waals surface area (Å²) < 4.78 is 14.9. The average Bonchev–Trinajstić information content (AvgIpc) is 2.99. The minimum Gasteiger partial charge on any atom is -0.336 e. The zero-order valence-electron chi connectivity index (χ0n) is 11.7. The van der Waals surface area contributed by atoms with Crippen LogP contribution in [0.15, 0.2) is 43.0 Å². The third-order valence-electron chi connectivity index (χ3n) is 3.01. The lowest BCUT2D eigenvalue weighted by molar-refractivity contribution is 0.619. The highest BCUT2D eigenvalue weighted by atomic mass is 35.5. The number of nitriles is 1. The Balaban J connectivity index is 1.72. The Morgan fingerprint density at radius 2 is 2.13 bits per heavy atom. The van der Waals surface area contributed by atoms with Gasteiger partial charge in [0.25, 0.3) is 0 Å². The highest BCUT2D eigenvalue weighted by molar-refractivity contribution is 6.31. The maximum Gasteiger partial charge on any atom is 0.158 e. The smallest absolute Gasteiger partial charge is 0.158 e. The van der Waals surface area contributed by atoms with Crippen molar-refractivity contribution in [1.29, 1.82) is 5.26 Å². The standard InChI is InChI=1S/C15H10ClFN6/c16-14-2-1-11(17)3-10(14)8-23-9-13(6-21-23)22-15-7-19-12(4-18)5-20-15/h1-3,5-7,9H,8H2,(H,20,22). The van der Waals surface area contributed by atoms with E-state index in [1.165, 1.54) is 30.6 Å². The van der Waals surface area contributed by atoms with Gasteiger partial charge >= 0.3 is 0 Å². The van der Waals surface area contributed by atoms with Crippen molar-refractivity contribution in [2.45, 2.75) is 6.54 Å². The molecule has 0 radical (unpaired) electrons. The first-order valence-corrected chi connectivity index (χ1v) is 6.97. The number of nitrogens with zero attached hydrogens (tertiary/aromatic N) is 5. The van der Waals surface area contributed by atoms with Crippen LogP contribution in [-0.2, 0) is 6.54 Å². The van der Waals surface area contributed by atoms with Crippen LogP contribution in [0.25, 0.3) is 0 Å². The Morgan fingerprint density at radius 3 is 2.87 bits per heavy atom. The molecule has 3 rings (SSSR count). The lowest BCUT2D eigenvalue weighted by atomic mass is 10.2. The van der Waals surface area contributed by atoms with E-state index >= 15 is 0 Å². The summed E-state index contributed by atoms with van der Waals surface area (Å²) in [5.74, 6) is 0.148. The maximum atomic E-state index is 13.3. The van der Waals surface area contributed by atoms with Crippen molar-refractivity contribution in [3.05, 3.63) is 65.1 Å². The number of anilines is 2. The molecular formula is C15H10ClFN6. The number of nitrogens with one attached hydrogen (secondary N) is 1. The first kappa shape index (κ1) is 14.9. The van der Waals surface area contributed by atoms with Crippen LogP contribution in [0.4, 0.5) is 15.9 Å². The van der Waals surface area contributed by atoms with E-state index in [1.807, 2.05) is 6.07 Å². The second-order valence-electron chi connectivity index (χ2n) is 4.69. The van der Waals surface area contributed by atoms with Gasteiger partial charge in [0, 0.05) is 11.2 Å². The van der Waals surface area contributed by atoms with E-state index in [1.54, 1.807) is 17.1 Å². The first-order valence-electron chi connectivity index (χ1n) is 6.59. The molecule has 0 saturated heterocycles. The average molecular weight is 329 g/mol. The molecule has 2 aromatic heterocycles. The Hall–Kier alpha value is -2.98. The van der Waals surface area contributed by atoms with E-state index in [-0.39, 0.29) is 11.5 Å². The quantitative estimate of drug-likeness (QED) is 0.796. The van der Waals surface area contributed by atoms with Gasteiger partial charge in [-0.3, -0.25) is 4.68 Å². The Kier molecular flexibility index (Phi) is 4.17. The van der Waals surface area contributed by atoms with Gasteiger partial charge in [-0.15, -0.1) is 0 Å². The van der Waals surface area contributed by atoms with Crippen LogP contribution in [0.1, 0.15) is 11.3 Å². The molecule has 8 heteroatoms. The molecule has 6 nitrogen and oxygen atoms in total. The van der Waals surface area contributed by atoms with Crippen molar-refractivity contribution in [2.24, 2.45) is 0 Å². The fourth-order valence-electron chi connectivity index (χ4n) is 1.95. The monoisotopic (exact) mass is 328 g/mol. The predicted octanol–water partition coefficient (Wildman–Crippen LogP) is 3.13. The summed E-state index contributed by atoms with van der Waals surface area (Å²) in [4.78, 5) is 7.98. The molecule has 0 saturated carbocycles. The molecule has 0 unspecified atom stereocenters. The van der Waals surface area contributed by atoms with Gasteiger partial charge in [-0.05, 0) is 23.8 Å². The van der Waals surface area contributed by atoms with Gasteiger partial charge in [0.2, 0.25) is 0 Å². The maximum absolute atomic E-state index is 13.3. The Labute approximate surface area is 136 Å². The zero-order valence-corrected chi connectivity index (χ0v) is 12.5. The molecule has 1 N–H and O–H groups in total. The lowest BCUT2D eigenvalue weighted by Crippen LogP contribution is -2.01. The number of aromatic nitrogens is 4. The van der Waals surface area contributed by atoms with Crippen LogP contribution in [-0.4, -0.2) is 19.7 Å². The van der Waals surface area contributed by atoms with Gasteiger partial charge in [-0.1, -0.05) is 11.6 Å². The van der Waals surface area contributed by atoms with Gasteiger partial charge < -0.3 is 5.32 Å². The summed E-state index contributed by atoms with van der Waals surface area (Å²) in [6, 6.07) is 6.10. The largest absolute Gasteiger partial charge is 0.336 e.